The highest BCUT2D eigenvalue weighted by molar-refractivity contribution is 9.10. The molecule has 0 spiro atoms. The lowest BCUT2D eigenvalue weighted by Gasteiger charge is -2.18. The number of aromatic nitrogens is 2. The Morgan fingerprint density at radius 3 is 3.06 bits per heavy atom. The van der Waals surface area contributed by atoms with E-state index in [9.17, 15) is 0 Å². The number of hydrogen-bond acceptors (Lipinski definition) is 4. The molecule has 1 N–H and O–H groups in total. The van der Waals surface area contributed by atoms with Gasteiger partial charge in [0, 0.05) is 18.7 Å². The summed E-state index contributed by atoms with van der Waals surface area (Å²) in [6.07, 6.45) is 7.18. The van der Waals surface area contributed by atoms with Gasteiger partial charge in [0.1, 0.15) is 11.6 Å². The zero-order chi connectivity index (χ0) is 12.5. The van der Waals surface area contributed by atoms with Gasteiger partial charge in [-0.3, -0.25) is 0 Å². The molecule has 2 aliphatic rings. The molecule has 0 saturated carbocycles. The van der Waals surface area contributed by atoms with E-state index in [1.165, 1.54) is 6.42 Å². The first-order chi connectivity index (χ1) is 8.78. The van der Waals surface area contributed by atoms with Crippen molar-refractivity contribution in [1.82, 2.24) is 9.97 Å². The lowest BCUT2D eigenvalue weighted by molar-refractivity contribution is 0.0999. The van der Waals surface area contributed by atoms with Crippen LogP contribution in [0.25, 0.3) is 0 Å². The largest absolute Gasteiger partial charge is 0.374 e. The van der Waals surface area contributed by atoms with Gasteiger partial charge in [-0.25, -0.2) is 9.97 Å². The third-order valence-corrected chi connectivity index (χ3v) is 4.32. The van der Waals surface area contributed by atoms with Crippen LogP contribution in [0.2, 0.25) is 0 Å². The van der Waals surface area contributed by atoms with Crippen molar-refractivity contribution in [2.75, 3.05) is 11.9 Å². The van der Waals surface area contributed by atoms with Crippen LogP contribution in [-0.4, -0.2) is 28.7 Å². The summed E-state index contributed by atoms with van der Waals surface area (Å²) in [7, 11) is 0. The topological polar surface area (TPSA) is 47.0 Å². The normalized spacial score (nSPS) is 29.8. The highest BCUT2D eigenvalue weighted by Gasteiger charge is 2.42. The molecular formula is C13H18BrN3O. The number of rotatable bonds is 4. The lowest BCUT2D eigenvalue weighted by Crippen LogP contribution is -2.18. The van der Waals surface area contributed by atoms with Crippen molar-refractivity contribution in [1.29, 1.82) is 0 Å². The van der Waals surface area contributed by atoms with E-state index >= 15 is 0 Å². The first kappa shape index (κ1) is 12.4. The first-order valence-electron chi connectivity index (χ1n) is 6.69. The highest BCUT2D eigenvalue weighted by atomic mass is 79.9. The number of fused-ring (bicyclic) bond motifs is 2. The number of anilines is 1. The van der Waals surface area contributed by atoms with Crippen molar-refractivity contribution < 1.29 is 4.74 Å². The van der Waals surface area contributed by atoms with Crippen LogP contribution in [0.3, 0.4) is 0 Å². The smallest absolute Gasteiger partial charge is 0.144 e. The van der Waals surface area contributed by atoms with Crippen LogP contribution in [-0.2, 0) is 4.74 Å². The first-order valence-corrected chi connectivity index (χ1v) is 7.49. The second-order valence-corrected chi connectivity index (χ2v) is 5.92. The van der Waals surface area contributed by atoms with Gasteiger partial charge >= 0.3 is 0 Å². The second-order valence-electron chi connectivity index (χ2n) is 5.07. The maximum absolute atomic E-state index is 5.88. The van der Waals surface area contributed by atoms with E-state index in [1.807, 2.05) is 6.20 Å². The summed E-state index contributed by atoms with van der Waals surface area (Å²) in [5, 5.41) is 3.33. The van der Waals surface area contributed by atoms with Gasteiger partial charge in [0.25, 0.3) is 0 Å². The minimum atomic E-state index is 0.343. The Morgan fingerprint density at radius 1 is 1.50 bits per heavy atom. The Hall–Kier alpha value is -0.680. The lowest BCUT2D eigenvalue weighted by atomic mass is 9.88. The van der Waals surface area contributed by atoms with Gasteiger partial charge in [0.2, 0.25) is 0 Å². The van der Waals surface area contributed by atoms with Crippen LogP contribution in [0.15, 0.2) is 10.7 Å². The minimum absolute atomic E-state index is 0.343. The van der Waals surface area contributed by atoms with Crippen LogP contribution in [0, 0.1) is 0 Å². The van der Waals surface area contributed by atoms with Crippen LogP contribution in [0.1, 0.15) is 44.3 Å². The second kappa shape index (κ2) is 5.13. The molecule has 1 aromatic rings. The molecule has 18 heavy (non-hydrogen) atoms. The molecule has 0 radical (unpaired) electrons. The fourth-order valence-corrected chi connectivity index (χ4v) is 3.17. The van der Waals surface area contributed by atoms with Gasteiger partial charge in [-0.2, -0.15) is 0 Å². The molecule has 5 heteroatoms. The van der Waals surface area contributed by atoms with Gasteiger partial charge in [-0.05, 0) is 41.6 Å². The molecule has 3 heterocycles. The zero-order valence-electron chi connectivity index (χ0n) is 10.5. The standard InChI is InChI=1S/C13H18BrN3O/c1-2-5-15-13-10(14)7-16-12(17-13)9-6-8-3-4-11(9)18-8/h7-9,11H,2-6H2,1H3,(H,15,16,17). The summed E-state index contributed by atoms with van der Waals surface area (Å²) < 4.78 is 6.81. The van der Waals surface area contributed by atoms with E-state index < -0.39 is 0 Å². The predicted molar refractivity (Wildman–Crippen MR) is 73.8 cm³/mol. The van der Waals surface area contributed by atoms with E-state index in [0.717, 1.165) is 41.9 Å². The summed E-state index contributed by atoms with van der Waals surface area (Å²) in [4.78, 5) is 9.13. The Bertz CT molecular complexity index is 440. The number of hydrogen-bond donors (Lipinski definition) is 1. The fraction of sp³-hybridized carbons (Fsp3) is 0.692. The number of halogens is 1. The Labute approximate surface area is 116 Å². The number of nitrogens with one attached hydrogen (secondary N) is 1. The molecule has 4 nitrogen and oxygen atoms in total. The molecular weight excluding hydrogens is 294 g/mol. The molecule has 2 aliphatic heterocycles. The van der Waals surface area contributed by atoms with Crippen molar-refractivity contribution in [2.45, 2.75) is 50.7 Å². The van der Waals surface area contributed by atoms with E-state index in [-0.39, 0.29) is 0 Å². The number of nitrogens with zero attached hydrogens (tertiary/aromatic N) is 2. The van der Waals surface area contributed by atoms with Gasteiger partial charge < -0.3 is 10.1 Å². The van der Waals surface area contributed by atoms with E-state index in [4.69, 9.17) is 4.74 Å². The van der Waals surface area contributed by atoms with Gasteiger partial charge in [-0.15, -0.1) is 0 Å². The third kappa shape index (κ3) is 2.26. The van der Waals surface area contributed by atoms with Gasteiger partial charge in [0.15, 0.2) is 0 Å². The maximum atomic E-state index is 5.88. The molecule has 98 valence electrons. The van der Waals surface area contributed by atoms with Crippen LogP contribution < -0.4 is 5.32 Å². The Balaban J connectivity index is 1.80. The van der Waals surface area contributed by atoms with Crippen LogP contribution in [0.4, 0.5) is 5.82 Å². The zero-order valence-corrected chi connectivity index (χ0v) is 12.1. The quantitative estimate of drug-likeness (QED) is 0.928. The monoisotopic (exact) mass is 311 g/mol. The summed E-state index contributed by atoms with van der Waals surface area (Å²) in [5.74, 6) is 2.23. The summed E-state index contributed by atoms with van der Waals surface area (Å²) >= 11 is 3.49. The van der Waals surface area contributed by atoms with E-state index in [1.54, 1.807) is 0 Å². The molecule has 1 aromatic heterocycles. The molecule has 3 unspecified atom stereocenters. The van der Waals surface area contributed by atoms with Crippen molar-refractivity contribution in [3.8, 4) is 0 Å². The average molecular weight is 312 g/mol. The molecule has 3 rings (SSSR count). The SMILES string of the molecule is CCCNc1nc(C2CC3CCC2O3)ncc1Br. The molecule has 0 aliphatic carbocycles. The van der Waals surface area contributed by atoms with Crippen LogP contribution in [0.5, 0.6) is 0 Å². The Kier molecular flexibility index (Phi) is 3.52. The summed E-state index contributed by atoms with van der Waals surface area (Å²) in [6.45, 7) is 3.08. The highest BCUT2D eigenvalue weighted by Crippen LogP contribution is 2.43. The molecule has 0 aromatic carbocycles. The summed E-state index contributed by atoms with van der Waals surface area (Å²) in [5.41, 5.74) is 0. The van der Waals surface area contributed by atoms with Crippen molar-refractivity contribution in [2.24, 2.45) is 0 Å². The maximum Gasteiger partial charge on any atom is 0.144 e. The van der Waals surface area contributed by atoms with Crippen molar-refractivity contribution >= 4 is 21.7 Å². The molecule has 0 amide bonds. The average Bonchev–Trinajstić information content (AvgIpc) is 3.00. The molecule has 2 saturated heterocycles. The van der Waals surface area contributed by atoms with Crippen molar-refractivity contribution in [3.05, 3.63) is 16.5 Å². The molecule has 2 fully saturated rings. The van der Waals surface area contributed by atoms with Gasteiger partial charge in [0.05, 0.1) is 16.7 Å². The van der Waals surface area contributed by atoms with E-state index in [2.05, 4.69) is 38.1 Å². The molecule has 2 bridgehead atoms. The van der Waals surface area contributed by atoms with Crippen molar-refractivity contribution in [3.63, 3.8) is 0 Å². The summed E-state index contributed by atoms with van der Waals surface area (Å²) in [6, 6.07) is 0. The van der Waals surface area contributed by atoms with E-state index in [0.29, 0.717) is 18.1 Å². The number of ether oxygens (including phenoxy) is 1. The fourth-order valence-electron chi connectivity index (χ4n) is 2.84. The minimum Gasteiger partial charge on any atom is -0.374 e. The van der Waals surface area contributed by atoms with Crippen LogP contribution >= 0.6 is 15.9 Å². The Morgan fingerprint density at radius 2 is 2.39 bits per heavy atom. The van der Waals surface area contributed by atoms with Gasteiger partial charge in [-0.1, -0.05) is 6.92 Å². The predicted octanol–water partition coefficient (Wildman–Crippen LogP) is 3.10. The third-order valence-electron chi connectivity index (χ3n) is 3.74. The molecule has 3 atom stereocenters.